The summed E-state index contributed by atoms with van der Waals surface area (Å²) >= 11 is 5.97. The van der Waals surface area contributed by atoms with E-state index in [1.807, 2.05) is 42.5 Å². The molecule has 0 spiro atoms. The summed E-state index contributed by atoms with van der Waals surface area (Å²) in [4.78, 5) is 12.3. The van der Waals surface area contributed by atoms with E-state index in [1.54, 1.807) is 24.3 Å². The predicted molar refractivity (Wildman–Crippen MR) is 111 cm³/mol. The van der Waals surface area contributed by atoms with Crippen LogP contribution in [0.2, 0.25) is 5.02 Å². The summed E-state index contributed by atoms with van der Waals surface area (Å²) in [5.74, 6) is -0.786. The monoisotopic (exact) mass is 415 g/mol. The fraction of sp³-hybridized carbons (Fsp3) is 0.136. The first-order valence-electron chi connectivity index (χ1n) is 8.71. The molecule has 1 amide bonds. The number of amides is 1. The van der Waals surface area contributed by atoms with Crippen LogP contribution in [0.4, 0.5) is 4.39 Å². The van der Waals surface area contributed by atoms with E-state index in [9.17, 15) is 13.4 Å². The van der Waals surface area contributed by atoms with Crippen molar-refractivity contribution in [3.05, 3.63) is 106 Å². The van der Waals surface area contributed by atoms with Crippen molar-refractivity contribution in [1.29, 1.82) is 0 Å². The third-order valence-corrected chi connectivity index (χ3v) is 6.08. The summed E-state index contributed by atoms with van der Waals surface area (Å²) in [6.07, 6.45) is 0. The molecule has 3 aromatic carbocycles. The molecular weight excluding hydrogens is 397 g/mol. The zero-order valence-corrected chi connectivity index (χ0v) is 16.6. The third-order valence-electron chi connectivity index (χ3n) is 4.21. The molecule has 0 aromatic heterocycles. The second kappa shape index (κ2) is 9.62. The Morgan fingerprint density at radius 1 is 0.929 bits per heavy atom. The lowest BCUT2D eigenvalue weighted by atomic mass is 10.0. The van der Waals surface area contributed by atoms with Gasteiger partial charge in [0.05, 0.1) is 5.25 Å². The summed E-state index contributed by atoms with van der Waals surface area (Å²) in [5, 5.41) is 2.90. The van der Waals surface area contributed by atoms with E-state index >= 15 is 0 Å². The average Bonchev–Trinajstić information content (AvgIpc) is 2.70. The van der Waals surface area contributed by atoms with E-state index in [-0.39, 0.29) is 24.0 Å². The highest BCUT2D eigenvalue weighted by Crippen LogP contribution is 2.29. The molecule has 0 aliphatic rings. The lowest BCUT2D eigenvalue weighted by Gasteiger charge is -2.18. The van der Waals surface area contributed by atoms with E-state index in [2.05, 4.69) is 5.32 Å². The number of hydrogen-bond acceptors (Lipinski definition) is 2. The number of halogens is 2. The minimum Gasteiger partial charge on any atom is -0.351 e. The van der Waals surface area contributed by atoms with Crippen LogP contribution >= 0.6 is 11.6 Å². The van der Waals surface area contributed by atoms with Gasteiger partial charge < -0.3 is 5.32 Å². The second-order valence-electron chi connectivity index (χ2n) is 6.27. The number of benzene rings is 3. The normalized spacial score (nSPS) is 12.9. The lowest BCUT2D eigenvalue weighted by Crippen LogP contribution is -2.29. The van der Waals surface area contributed by atoms with Gasteiger partial charge in [-0.3, -0.25) is 9.00 Å². The zero-order chi connectivity index (χ0) is 19.9. The highest BCUT2D eigenvalue weighted by Gasteiger charge is 2.23. The minimum absolute atomic E-state index is 0.136. The molecule has 0 unspecified atom stereocenters. The van der Waals surface area contributed by atoms with Gasteiger partial charge in [0.15, 0.2) is 0 Å². The quantitative estimate of drug-likeness (QED) is 0.611. The summed E-state index contributed by atoms with van der Waals surface area (Å²) < 4.78 is 26.0. The Balaban J connectivity index is 1.71. The van der Waals surface area contributed by atoms with Crippen molar-refractivity contribution in [3.8, 4) is 0 Å². The van der Waals surface area contributed by atoms with Crippen LogP contribution in [0.1, 0.15) is 21.9 Å². The first-order chi connectivity index (χ1) is 13.5. The van der Waals surface area contributed by atoms with Crippen molar-refractivity contribution in [2.45, 2.75) is 11.8 Å². The zero-order valence-electron chi connectivity index (χ0n) is 15.0. The van der Waals surface area contributed by atoms with Gasteiger partial charge in [-0.2, -0.15) is 0 Å². The fourth-order valence-electron chi connectivity index (χ4n) is 2.83. The van der Waals surface area contributed by atoms with Gasteiger partial charge in [0.1, 0.15) is 11.6 Å². The van der Waals surface area contributed by atoms with Crippen LogP contribution in [-0.4, -0.2) is 15.9 Å². The molecule has 6 heteroatoms. The maximum Gasteiger partial charge on any atom is 0.232 e. The Kier molecular flexibility index (Phi) is 6.95. The van der Waals surface area contributed by atoms with E-state index in [1.165, 1.54) is 12.1 Å². The standard InChI is InChI=1S/C22H19ClFNO2S/c23-19-10-8-18(9-11-19)22(17-4-2-1-3-5-17)28(27)15-21(26)25-14-16-6-12-20(24)13-7-16/h1-13,22H,14-15H2,(H,25,26)/t22-,28-/m0/s1. The van der Waals surface area contributed by atoms with Gasteiger partial charge in [0.2, 0.25) is 5.91 Å². The van der Waals surface area contributed by atoms with E-state index in [0.717, 1.165) is 16.7 Å². The topological polar surface area (TPSA) is 46.2 Å². The molecule has 3 rings (SSSR count). The average molecular weight is 416 g/mol. The maximum absolute atomic E-state index is 13.1. The number of rotatable bonds is 7. The molecule has 0 fully saturated rings. The van der Waals surface area contributed by atoms with Crippen molar-refractivity contribution < 1.29 is 13.4 Å². The Morgan fingerprint density at radius 2 is 1.54 bits per heavy atom. The van der Waals surface area contributed by atoms with Crippen LogP contribution in [0.3, 0.4) is 0 Å². The van der Waals surface area contributed by atoms with Crippen LogP contribution in [-0.2, 0) is 22.1 Å². The summed E-state index contributed by atoms with van der Waals surface area (Å²) in [5.41, 5.74) is 2.48. The third kappa shape index (κ3) is 5.50. The van der Waals surface area contributed by atoms with Gasteiger partial charge in [-0.05, 0) is 41.0 Å². The van der Waals surface area contributed by atoms with Crippen LogP contribution < -0.4 is 5.32 Å². The molecule has 144 valence electrons. The van der Waals surface area contributed by atoms with Gasteiger partial charge in [0.25, 0.3) is 0 Å². The minimum atomic E-state index is -1.47. The van der Waals surface area contributed by atoms with Crippen molar-refractivity contribution in [2.75, 3.05) is 5.75 Å². The summed E-state index contributed by atoms with van der Waals surface area (Å²) in [6.45, 7) is 0.257. The fourth-order valence-corrected chi connectivity index (χ4v) is 4.40. The van der Waals surface area contributed by atoms with Crippen molar-refractivity contribution in [3.63, 3.8) is 0 Å². The van der Waals surface area contributed by atoms with E-state index < -0.39 is 16.0 Å². The van der Waals surface area contributed by atoms with Gasteiger partial charge >= 0.3 is 0 Å². The van der Waals surface area contributed by atoms with E-state index in [4.69, 9.17) is 11.6 Å². The largest absolute Gasteiger partial charge is 0.351 e. The lowest BCUT2D eigenvalue weighted by molar-refractivity contribution is -0.118. The second-order valence-corrected chi connectivity index (χ2v) is 8.23. The molecule has 0 radical (unpaired) electrons. The maximum atomic E-state index is 13.1. The van der Waals surface area contributed by atoms with E-state index in [0.29, 0.717) is 5.02 Å². The summed E-state index contributed by atoms with van der Waals surface area (Å²) in [7, 11) is -1.47. The molecule has 0 aliphatic heterocycles. The molecule has 2 atom stereocenters. The number of carbonyl (C=O) groups is 1. The molecule has 0 saturated heterocycles. The Labute approximate surface area is 171 Å². The first-order valence-corrected chi connectivity index (χ1v) is 10.5. The molecule has 0 aliphatic carbocycles. The molecule has 28 heavy (non-hydrogen) atoms. The molecule has 0 saturated carbocycles. The van der Waals surface area contributed by atoms with Gasteiger partial charge in [0, 0.05) is 22.4 Å². The van der Waals surface area contributed by atoms with Crippen molar-refractivity contribution in [1.82, 2.24) is 5.32 Å². The van der Waals surface area contributed by atoms with Crippen molar-refractivity contribution in [2.24, 2.45) is 0 Å². The highest BCUT2D eigenvalue weighted by molar-refractivity contribution is 7.86. The van der Waals surface area contributed by atoms with Gasteiger partial charge in [-0.1, -0.05) is 66.2 Å². The summed E-state index contributed by atoms with van der Waals surface area (Å²) in [6, 6.07) is 22.5. The molecule has 3 aromatic rings. The van der Waals surface area contributed by atoms with Gasteiger partial charge in [-0.15, -0.1) is 0 Å². The van der Waals surface area contributed by atoms with Crippen molar-refractivity contribution >= 4 is 28.3 Å². The molecule has 0 bridgehead atoms. The molecular formula is C22H19ClFNO2S. The van der Waals surface area contributed by atoms with Crippen LogP contribution in [0, 0.1) is 5.82 Å². The predicted octanol–water partition coefficient (Wildman–Crippen LogP) is 4.63. The van der Waals surface area contributed by atoms with Crippen LogP contribution in [0.15, 0.2) is 78.9 Å². The Hall–Kier alpha value is -2.50. The number of nitrogens with one attached hydrogen (secondary N) is 1. The highest BCUT2D eigenvalue weighted by atomic mass is 35.5. The molecule has 3 nitrogen and oxygen atoms in total. The molecule has 1 N–H and O–H groups in total. The first kappa shape index (κ1) is 20.2. The Bertz CT molecular complexity index is 947. The Morgan fingerprint density at radius 3 is 2.18 bits per heavy atom. The SMILES string of the molecule is O=C(C[S@](=O)[C@@H](c1ccccc1)c1ccc(Cl)cc1)NCc1ccc(F)cc1. The van der Waals surface area contributed by atoms with Crippen LogP contribution in [0.5, 0.6) is 0 Å². The number of hydrogen-bond donors (Lipinski definition) is 1. The number of carbonyl (C=O) groups excluding carboxylic acids is 1. The molecule has 0 heterocycles. The van der Waals surface area contributed by atoms with Gasteiger partial charge in [-0.25, -0.2) is 4.39 Å². The van der Waals surface area contributed by atoms with Crippen LogP contribution in [0.25, 0.3) is 0 Å². The smallest absolute Gasteiger partial charge is 0.232 e.